The fourth-order valence-corrected chi connectivity index (χ4v) is 4.93. The summed E-state index contributed by atoms with van der Waals surface area (Å²) >= 11 is 0. The minimum Gasteiger partial charge on any atom is -0.338 e. The van der Waals surface area contributed by atoms with Crippen LogP contribution in [0.5, 0.6) is 0 Å². The van der Waals surface area contributed by atoms with Crippen molar-refractivity contribution in [2.75, 3.05) is 20.6 Å². The van der Waals surface area contributed by atoms with E-state index in [1.54, 1.807) is 0 Å². The molecule has 4 heteroatoms. The molecule has 0 radical (unpaired) electrons. The van der Waals surface area contributed by atoms with Gasteiger partial charge in [0.2, 0.25) is 5.91 Å². The Balaban J connectivity index is 1.62. The van der Waals surface area contributed by atoms with E-state index in [0.717, 1.165) is 32.5 Å². The average molecular weight is 358 g/mol. The van der Waals surface area contributed by atoms with Gasteiger partial charge in [-0.25, -0.2) is 0 Å². The molecule has 3 rings (SSSR count). The third-order valence-corrected chi connectivity index (χ3v) is 6.35. The van der Waals surface area contributed by atoms with Gasteiger partial charge in [0.05, 0.1) is 0 Å². The summed E-state index contributed by atoms with van der Waals surface area (Å²) in [5.41, 5.74) is 8.92. The fraction of sp³-hybridized carbons (Fsp3) is 0.682. The summed E-state index contributed by atoms with van der Waals surface area (Å²) in [6, 6.07) is 9.02. The minimum absolute atomic E-state index is 0.179. The summed E-state index contributed by atoms with van der Waals surface area (Å²) in [4.78, 5) is 17.4. The molecule has 0 aliphatic heterocycles. The number of carbonyl (C=O) groups excluding carboxylic acids is 1. The van der Waals surface area contributed by atoms with E-state index in [2.05, 4.69) is 50.2 Å². The number of fused-ring (bicyclic) bond motifs is 2. The Kier molecular flexibility index (Phi) is 6.36. The van der Waals surface area contributed by atoms with Gasteiger partial charge in [-0.3, -0.25) is 4.79 Å². The van der Waals surface area contributed by atoms with Crippen LogP contribution in [0.2, 0.25) is 0 Å². The molecule has 2 saturated carbocycles. The van der Waals surface area contributed by atoms with Crippen molar-refractivity contribution in [2.24, 2.45) is 23.5 Å². The van der Waals surface area contributed by atoms with E-state index >= 15 is 0 Å². The Morgan fingerprint density at radius 1 is 1.04 bits per heavy atom. The van der Waals surface area contributed by atoms with Crippen LogP contribution in [0.3, 0.4) is 0 Å². The molecule has 2 unspecified atom stereocenters. The first kappa shape index (κ1) is 19.4. The maximum atomic E-state index is 13.2. The lowest BCUT2D eigenvalue weighted by Gasteiger charge is -2.44. The molecular weight excluding hydrogens is 322 g/mol. The second kappa shape index (κ2) is 8.53. The van der Waals surface area contributed by atoms with Gasteiger partial charge in [0, 0.05) is 31.6 Å². The zero-order valence-electron chi connectivity index (χ0n) is 16.7. The van der Waals surface area contributed by atoms with Crippen molar-refractivity contribution in [1.82, 2.24) is 9.80 Å². The zero-order chi connectivity index (χ0) is 18.7. The summed E-state index contributed by atoms with van der Waals surface area (Å²) < 4.78 is 0. The molecule has 2 fully saturated rings. The number of hydrogen-bond acceptors (Lipinski definition) is 3. The highest BCUT2D eigenvalue weighted by molar-refractivity contribution is 5.79. The predicted octanol–water partition coefficient (Wildman–Crippen LogP) is 3.25. The Morgan fingerprint density at radius 2 is 1.58 bits per heavy atom. The highest BCUT2D eigenvalue weighted by atomic mass is 16.2. The first-order valence-electron chi connectivity index (χ1n) is 10.2. The van der Waals surface area contributed by atoms with E-state index in [9.17, 15) is 4.79 Å². The zero-order valence-corrected chi connectivity index (χ0v) is 16.7. The van der Waals surface area contributed by atoms with Crippen molar-refractivity contribution >= 4 is 5.91 Å². The van der Waals surface area contributed by atoms with Crippen LogP contribution >= 0.6 is 0 Å². The molecule has 0 spiro atoms. The third kappa shape index (κ3) is 4.47. The number of benzene rings is 1. The highest BCUT2D eigenvalue weighted by Gasteiger charge is 2.41. The van der Waals surface area contributed by atoms with E-state index in [0.29, 0.717) is 23.8 Å². The number of nitrogens with two attached hydrogens (primary N) is 1. The summed E-state index contributed by atoms with van der Waals surface area (Å²) in [6.07, 6.45) is 5.70. The van der Waals surface area contributed by atoms with Crippen LogP contribution in [-0.2, 0) is 17.9 Å². The fourth-order valence-electron chi connectivity index (χ4n) is 4.93. The second-order valence-electron chi connectivity index (χ2n) is 8.60. The SMILES string of the molecule is CCN(Cc1ccc(CN(C)C)cc1)C(=O)C1CC2CCCC(C1)C2N. The Labute approximate surface area is 158 Å². The molecule has 2 atom stereocenters. The summed E-state index contributed by atoms with van der Waals surface area (Å²) in [5.74, 6) is 1.63. The lowest BCUT2D eigenvalue weighted by atomic mass is 9.65. The van der Waals surface area contributed by atoms with E-state index in [1.165, 1.54) is 30.4 Å². The van der Waals surface area contributed by atoms with Gasteiger partial charge in [0.25, 0.3) is 0 Å². The van der Waals surface area contributed by atoms with Crippen molar-refractivity contribution in [3.05, 3.63) is 35.4 Å². The third-order valence-electron chi connectivity index (χ3n) is 6.35. The van der Waals surface area contributed by atoms with Gasteiger partial charge in [-0.05, 0) is 69.7 Å². The molecule has 2 aliphatic rings. The number of hydrogen-bond donors (Lipinski definition) is 1. The molecule has 0 saturated heterocycles. The molecule has 1 aromatic carbocycles. The second-order valence-corrected chi connectivity index (χ2v) is 8.60. The van der Waals surface area contributed by atoms with Crippen molar-refractivity contribution < 1.29 is 4.79 Å². The lowest BCUT2D eigenvalue weighted by Crippen LogP contribution is -2.49. The maximum absolute atomic E-state index is 13.2. The first-order valence-corrected chi connectivity index (χ1v) is 10.2. The molecule has 1 aromatic rings. The molecule has 4 nitrogen and oxygen atoms in total. The topological polar surface area (TPSA) is 49.6 Å². The van der Waals surface area contributed by atoms with Gasteiger partial charge >= 0.3 is 0 Å². The number of nitrogens with zero attached hydrogens (tertiary/aromatic N) is 2. The molecule has 2 bridgehead atoms. The smallest absolute Gasteiger partial charge is 0.225 e. The maximum Gasteiger partial charge on any atom is 0.225 e. The number of amides is 1. The summed E-state index contributed by atoms with van der Waals surface area (Å²) in [7, 11) is 4.16. The van der Waals surface area contributed by atoms with E-state index < -0.39 is 0 Å². The highest BCUT2D eigenvalue weighted by Crippen LogP contribution is 2.42. The molecule has 2 N–H and O–H groups in total. The van der Waals surface area contributed by atoms with Crippen LogP contribution in [-0.4, -0.2) is 42.4 Å². The van der Waals surface area contributed by atoms with Crippen LogP contribution in [0.15, 0.2) is 24.3 Å². The minimum atomic E-state index is 0.179. The van der Waals surface area contributed by atoms with E-state index in [-0.39, 0.29) is 5.92 Å². The van der Waals surface area contributed by atoms with Crippen LogP contribution in [0.25, 0.3) is 0 Å². The van der Waals surface area contributed by atoms with Gasteiger partial charge in [0.1, 0.15) is 0 Å². The van der Waals surface area contributed by atoms with Crippen molar-refractivity contribution in [3.8, 4) is 0 Å². The van der Waals surface area contributed by atoms with Crippen molar-refractivity contribution in [3.63, 3.8) is 0 Å². The first-order chi connectivity index (χ1) is 12.5. The summed E-state index contributed by atoms with van der Waals surface area (Å²) in [6.45, 7) is 4.53. The van der Waals surface area contributed by atoms with Gasteiger partial charge in [-0.15, -0.1) is 0 Å². The van der Waals surface area contributed by atoms with Gasteiger partial charge in [0.15, 0.2) is 0 Å². The Bertz CT molecular complexity index is 584. The molecule has 1 amide bonds. The van der Waals surface area contributed by atoms with Crippen molar-refractivity contribution in [1.29, 1.82) is 0 Å². The number of carbonyl (C=O) groups is 1. The largest absolute Gasteiger partial charge is 0.338 e. The normalized spacial score (nSPS) is 28.2. The standard InChI is InChI=1S/C22H35N3O/c1-4-25(15-17-10-8-16(9-11-17)14-24(2)3)22(26)20-12-18-6-5-7-19(13-20)21(18)23/h8-11,18-21H,4-7,12-15,23H2,1-3H3. The van der Waals surface area contributed by atoms with Crippen LogP contribution < -0.4 is 5.73 Å². The molecule has 144 valence electrons. The predicted molar refractivity (Wildman–Crippen MR) is 106 cm³/mol. The van der Waals surface area contributed by atoms with Crippen LogP contribution in [0.4, 0.5) is 0 Å². The lowest BCUT2D eigenvalue weighted by molar-refractivity contribution is -0.139. The number of rotatable bonds is 6. The van der Waals surface area contributed by atoms with Gasteiger partial charge in [-0.1, -0.05) is 30.7 Å². The van der Waals surface area contributed by atoms with E-state index in [4.69, 9.17) is 5.73 Å². The molecule has 0 heterocycles. The molecular formula is C22H35N3O. The Hall–Kier alpha value is -1.39. The molecule has 0 aromatic heterocycles. The van der Waals surface area contributed by atoms with Gasteiger partial charge in [-0.2, -0.15) is 0 Å². The van der Waals surface area contributed by atoms with Crippen LogP contribution in [0, 0.1) is 17.8 Å². The van der Waals surface area contributed by atoms with Crippen molar-refractivity contribution in [2.45, 2.75) is 58.2 Å². The molecule has 2 aliphatic carbocycles. The monoisotopic (exact) mass is 357 g/mol. The van der Waals surface area contributed by atoms with Gasteiger partial charge < -0.3 is 15.5 Å². The quantitative estimate of drug-likeness (QED) is 0.850. The van der Waals surface area contributed by atoms with E-state index in [1.807, 2.05) is 4.90 Å². The van der Waals surface area contributed by atoms with Crippen LogP contribution in [0.1, 0.15) is 50.2 Å². The summed E-state index contributed by atoms with van der Waals surface area (Å²) in [5, 5.41) is 0. The average Bonchev–Trinajstić information content (AvgIpc) is 2.60. The Morgan fingerprint density at radius 3 is 2.08 bits per heavy atom. The molecule has 26 heavy (non-hydrogen) atoms.